The SMILES string of the molecule is CCn1cc(CN2C[C@@H]3CC[C@H](C2)N(Cc2ccccc2)C3)cc1C#N. The summed E-state index contributed by atoms with van der Waals surface area (Å²) >= 11 is 0. The second kappa shape index (κ2) is 7.65. The summed E-state index contributed by atoms with van der Waals surface area (Å²) in [7, 11) is 0. The van der Waals surface area contributed by atoms with Crippen LogP contribution in [0.1, 0.15) is 36.6 Å². The summed E-state index contributed by atoms with van der Waals surface area (Å²) in [5.41, 5.74) is 3.48. The minimum Gasteiger partial charge on any atom is -0.339 e. The van der Waals surface area contributed by atoms with Crippen LogP contribution >= 0.6 is 0 Å². The van der Waals surface area contributed by atoms with Crippen molar-refractivity contribution in [3.05, 3.63) is 59.4 Å². The summed E-state index contributed by atoms with van der Waals surface area (Å²) in [6.45, 7) is 8.53. The summed E-state index contributed by atoms with van der Waals surface area (Å²) in [6.07, 6.45) is 4.83. The van der Waals surface area contributed by atoms with Crippen molar-refractivity contribution in [2.75, 3.05) is 19.6 Å². The monoisotopic (exact) mass is 348 g/mol. The molecular weight excluding hydrogens is 320 g/mol. The highest BCUT2D eigenvalue weighted by Crippen LogP contribution is 2.30. The van der Waals surface area contributed by atoms with Gasteiger partial charge < -0.3 is 4.57 Å². The quantitative estimate of drug-likeness (QED) is 0.830. The Kier molecular flexibility index (Phi) is 5.10. The number of nitrogens with zero attached hydrogens (tertiary/aromatic N) is 4. The number of rotatable bonds is 5. The van der Waals surface area contributed by atoms with Gasteiger partial charge in [0.15, 0.2) is 0 Å². The van der Waals surface area contributed by atoms with E-state index in [-0.39, 0.29) is 0 Å². The van der Waals surface area contributed by atoms with Crippen molar-refractivity contribution in [2.45, 2.75) is 45.4 Å². The Morgan fingerprint density at radius 3 is 2.62 bits per heavy atom. The molecule has 0 unspecified atom stereocenters. The fraction of sp³-hybridized carbons (Fsp3) is 0.500. The Bertz CT molecular complexity index is 773. The maximum absolute atomic E-state index is 9.29. The lowest BCUT2D eigenvalue weighted by atomic mass is 9.94. The molecule has 4 heteroatoms. The van der Waals surface area contributed by atoms with E-state index in [0.29, 0.717) is 6.04 Å². The van der Waals surface area contributed by atoms with Gasteiger partial charge in [-0.15, -0.1) is 0 Å². The van der Waals surface area contributed by atoms with Crippen LogP contribution in [0.25, 0.3) is 0 Å². The molecule has 0 amide bonds. The van der Waals surface area contributed by atoms with Crippen molar-refractivity contribution in [1.82, 2.24) is 14.4 Å². The number of hydrogen-bond acceptors (Lipinski definition) is 3. The van der Waals surface area contributed by atoms with Crippen molar-refractivity contribution in [1.29, 1.82) is 5.26 Å². The van der Waals surface area contributed by atoms with Crippen LogP contribution in [0.4, 0.5) is 0 Å². The number of aryl methyl sites for hydroxylation is 1. The van der Waals surface area contributed by atoms with Gasteiger partial charge in [0, 0.05) is 51.5 Å². The first-order chi connectivity index (χ1) is 12.7. The molecular formula is C22H28N4. The molecule has 0 spiro atoms. The zero-order valence-corrected chi connectivity index (χ0v) is 15.6. The Morgan fingerprint density at radius 1 is 1.04 bits per heavy atom. The van der Waals surface area contributed by atoms with E-state index >= 15 is 0 Å². The molecule has 4 nitrogen and oxygen atoms in total. The molecule has 136 valence electrons. The standard InChI is InChI=1S/C22H28N4/c1-2-25-16-20(10-22(25)11-23)13-24-12-19-8-9-21(17-24)26(15-19)14-18-6-4-3-5-7-18/h3-7,10,16,19,21H,2,8-9,12-15,17H2,1H3/t19-,21+/m0/s1. The molecule has 0 N–H and O–H groups in total. The third-order valence-electron chi connectivity index (χ3n) is 5.95. The molecule has 3 saturated heterocycles. The molecule has 0 aliphatic carbocycles. The fourth-order valence-electron chi connectivity index (χ4n) is 4.69. The Labute approximate surface area is 156 Å². The van der Waals surface area contributed by atoms with E-state index in [2.05, 4.69) is 70.0 Å². The lowest BCUT2D eigenvalue weighted by molar-refractivity contribution is 0.123. The Hall–Kier alpha value is -2.09. The Morgan fingerprint density at radius 2 is 1.88 bits per heavy atom. The van der Waals surface area contributed by atoms with Gasteiger partial charge >= 0.3 is 0 Å². The molecule has 0 saturated carbocycles. The third kappa shape index (κ3) is 3.70. The van der Waals surface area contributed by atoms with E-state index < -0.39 is 0 Å². The van der Waals surface area contributed by atoms with Crippen LogP contribution in [0.5, 0.6) is 0 Å². The number of benzene rings is 1. The van der Waals surface area contributed by atoms with Crippen molar-refractivity contribution in [3.8, 4) is 6.07 Å². The van der Waals surface area contributed by atoms with Gasteiger partial charge in [0.1, 0.15) is 11.8 Å². The van der Waals surface area contributed by atoms with Gasteiger partial charge in [-0.05, 0) is 42.9 Å². The first-order valence-corrected chi connectivity index (χ1v) is 9.84. The van der Waals surface area contributed by atoms with Gasteiger partial charge in [-0.2, -0.15) is 5.26 Å². The third-order valence-corrected chi connectivity index (χ3v) is 5.95. The summed E-state index contributed by atoms with van der Waals surface area (Å²) < 4.78 is 2.06. The van der Waals surface area contributed by atoms with Crippen molar-refractivity contribution in [3.63, 3.8) is 0 Å². The summed E-state index contributed by atoms with van der Waals surface area (Å²) in [6, 6.07) is 15.9. The highest BCUT2D eigenvalue weighted by molar-refractivity contribution is 5.28. The maximum atomic E-state index is 9.29. The predicted octanol–water partition coefficient (Wildman–Crippen LogP) is 3.48. The second-order valence-electron chi connectivity index (χ2n) is 7.84. The maximum Gasteiger partial charge on any atom is 0.120 e. The number of nitriles is 1. The van der Waals surface area contributed by atoms with Crippen molar-refractivity contribution in [2.24, 2.45) is 5.92 Å². The number of aromatic nitrogens is 1. The summed E-state index contributed by atoms with van der Waals surface area (Å²) in [5.74, 6) is 0.765. The van der Waals surface area contributed by atoms with E-state index in [0.717, 1.165) is 37.8 Å². The molecule has 2 atom stereocenters. The number of fused-ring (bicyclic) bond motifs is 4. The van der Waals surface area contributed by atoms with E-state index in [1.165, 1.54) is 37.1 Å². The lowest BCUT2D eigenvalue weighted by Gasteiger charge is -2.36. The minimum atomic E-state index is 0.651. The van der Waals surface area contributed by atoms with Gasteiger partial charge in [-0.3, -0.25) is 9.80 Å². The highest BCUT2D eigenvalue weighted by atomic mass is 15.3. The molecule has 3 aliphatic rings. The van der Waals surface area contributed by atoms with Gasteiger partial charge in [0.2, 0.25) is 0 Å². The molecule has 1 aromatic heterocycles. The van der Waals surface area contributed by atoms with E-state index in [1.807, 2.05) is 0 Å². The number of hydrogen-bond donors (Lipinski definition) is 0. The van der Waals surface area contributed by atoms with Gasteiger partial charge in [-0.25, -0.2) is 0 Å². The molecule has 5 rings (SSSR count). The normalized spacial score (nSPS) is 23.7. The van der Waals surface area contributed by atoms with E-state index in [9.17, 15) is 5.26 Å². The largest absolute Gasteiger partial charge is 0.339 e. The second-order valence-corrected chi connectivity index (χ2v) is 7.84. The molecule has 26 heavy (non-hydrogen) atoms. The van der Waals surface area contributed by atoms with Crippen LogP contribution < -0.4 is 0 Å². The molecule has 4 heterocycles. The van der Waals surface area contributed by atoms with Crippen molar-refractivity contribution < 1.29 is 0 Å². The van der Waals surface area contributed by atoms with Crippen LogP contribution in [-0.2, 0) is 19.6 Å². The predicted molar refractivity (Wildman–Crippen MR) is 103 cm³/mol. The van der Waals surface area contributed by atoms with E-state index in [4.69, 9.17) is 0 Å². The van der Waals surface area contributed by atoms with Crippen LogP contribution in [0.15, 0.2) is 42.6 Å². The molecule has 0 radical (unpaired) electrons. The van der Waals surface area contributed by atoms with Crippen molar-refractivity contribution >= 4 is 0 Å². The van der Waals surface area contributed by atoms with Crippen LogP contribution in [-0.4, -0.2) is 40.0 Å². The van der Waals surface area contributed by atoms with Gasteiger partial charge in [-0.1, -0.05) is 30.3 Å². The lowest BCUT2D eigenvalue weighted by Crippen LogP contribution is -2.43. The van der Waals surface area contributed by atoms with Crippen LogP contribution in [0, 0.1) is 17.2 Å². The molecule has 1 aromatic carbocycles. The molecule has 3 fully saturated rings. The first kappa shape index (κ1) is 17.3. The topological polar surface area (TPSA) is 35.2 Å². The smallest absolute Gasteiger partial charge is 0.120 e. The Balaban J connectivity index is 1.44. The number of piperidine rings is 1. The first-order valence-electron chi connectivity index (χ1n) is 9.84. The van der Waals surface area contributed by atoms with Crippen LogP contribution in [0.3, 0.4) is 0 Å². The average molecular weight is 348 g/mol. The summed E-state index contributed by atoms with van der Waals surface area (Å²) in [5, 5.41) is 9.29. The molecule has 3 aliphatic heterocycles. The minimum absolute atomic E-state index is 0.651. The molecule has 2 aromatic rings. The summed E-state index contributed by atoms with van der Waals surface area (Å²) in [4.78, 5) is 5.31. The molecule has 2 bridgehead atoms. The van der Waals surface area contributed by atoms with Gasteiger partial charge in [0.25, 0.3) is 0 Å². The zero-order chi connectivity index (χ0) is 17.9. The van der Waals surface area contributed by atoms with Gasteiger partial charge in [0.05, 0.1) is 0 Å². The zero-order valence-electron chi connectivity index (χ0n) is 15.6. The fourth-order valence-corrected chi connectivity index (χ4v) is 4.69. The van der Waals surface area contributed by atoms with E-state index in [1.54, 1.807) is 0 Å². The average Bonchev–Trinajstić information content (AvgIpc) is 2.86. The van der Waals surface area contributed by atoms with Crippen LogP contribution in [0.2, 0.25) is 0 Å². The highest BCUT2D eigenvalue weighted by Gasteiger charge is 2.34.